The average molecular weight is 404 g/mol. The Kier molecular flexibility index (Phi) is 6.36. The van der Waals surface area contributed by atoms with Crippen molar-refractivity contribution in [2.75, 3.05) is 19.9 Å². The maximum absolute atomic E-state index is 12.3. The highest BCUT2D eigenvalue weighted by molar-refractivity contribution is 8.00. The van der Waals surface area contributed by atoms with Gasteiger partial charge >= 0.3 is 0 Å². The van der Waals surface area contributed by atoms with E-state index in [-0.39, 0.29) is 12.5 Å². The van der Waals surface area contributed by atoms with Gasteiger partial charge in [0.05, 0.1) is 19.4 Å². The van der Waals surface area contributed by atoms with Crippen molar-refractivity contribution < 1.29 is 14.1 Å². The lowest BCUT2D eigenvalue weighted by Crippen LogP contribution is -2.27. The molecule has 0 N–H and O–H groups in total. The first kappa shape index (κ1) is 19.3. The Hall–Kier alpha value is -2.51. The van der Waals surface area contributed by atoms with Crippen molar-refractivity contribution in [2.45, 2.75) is 11.4 Å². The lowest BCUT2D eigenvalue weighted by atomic mass is 10.2. The number of halogens is 1. The van der Waals surface area contributed by atoms with Crippen molar-refractivity contribution in [1.29, 1.82) is 0 Å². The van der Waals surface area contributed by atoms with E-state index in [1.165, 1.54) is 11.8 Å². The largest absolute Gasteiger partial charge is 0.497 e. The molecule has 0 bridgehead atoms. The van der Waals surface area contributed by atoms with Crippen LogP contribution in [-0.4, -0.2) is 40.9 Å². The molecule has 0 saturated carbocycles. The predicted octanol–water partition coefficient (Wildman–Crippen LogP) is 4.15. The van der Waals surface area contributed by atoms with Crippen molar-refractivity contribution in [2.24, 2.45) is 0 Å². The Labute approximate surface area is 166 Å². The number of hydrogen-bond donors (Lipinski definition) is 0. The van der Waals surface area contributed by atoms with Crippen LogP contribution in [0.2, 0.25) is 5.02 Å². The second-order valence-electron chi connectivity index (χ2n) is 5.73. The Balaban J connectivity index is 1.55. The molecule has 0 saturated heterocycles. The molecule has 0 aliphatic carbocycles. The number of methoxy groups -OCH3 is 1. The molecule has 3 rings (SSSR count). The van der Waals surface area contributed by atoms with E-state index in [2.05, 4.69) is 10.1 Å². The molecular weight excluding hydrogens is 386 g/mol. The van der Waals surface area contributed by atoms with Crippen molar-refractivity contribution >= 4 is 29.3 Å². The number of thioether (sulfide) groups is 1. The molecule has 27 heavy (non-hydrogen) atoms. The third-order valence-electron chi connectivity index (χ3n) is 3.79. The van der Waals surface area contributed by atoms with Gasteiger partial charge in [-0.3, -0.25) is 4.79 Å². The van der Waals surface area contributed by atoms with Crippen molar-refractivity contribution in [1.82, 2.24) is 15.0 Å². The summed E-state index contributed by atoms with van der Waals surface area (Å²) in [6.45, 7) is 0.253. The molecule has 3 aromatic rings. The van der Waals surface area contributed by atoms with Gasteiger partial charge in [-0.2, -0.15) is 4.98 Å². The van der Waals surface area contributed by atoms with E-state index in [0.29, 0.717) is 22.5 Å². The van der Waals surface area contributed by atoms with Gasteiger partial charge in [-0.15, -0.1) is 11.8 Å². The summed E-state index contributed by atoms with van der Waals surface area (Å²) in [6.07, 6.45) is 0. The first-order chi connectivity index (χ1) is 13.0. The maximum atomic E-state index is 12.3. The van der Waals surface area contributed by atoms with Crippen LogP contribution < -0.4 is 4.74 Å². The van der Waals surface area contributed by atoms with E-state index in [4.69, 9.17) is 20.9 Å². The third kappa shape index (κ3) is 5.24. The topological polar surface area (TPSA) is 68.5 Å². The van der Waals surface area contributed by atoms with Crippen LogP contribution >= 0.6 is 23.4 Å². The van der Waals surface area contributed by atoms with Gasteiger partial charge in [-0.05, 0) is 48.5 Å². The summed E-state index contributed by atoms with van der Waals surface area (Å²) in [6, 6.07) is 14.7. The van der Waals surface area contributed by atoms with Crippen LogP contribution in [0.15, 0.2) is 57.9 Å². The number of hydrogen-bond acceptors (Lipinski definition) is 6. The molecule has 0 unspecified atom stereocenters. The normalized spacial score (nSPS) is 10.6. The third-order valence-corrected chi connectivity index (χ3v) is 5.04. The summed E-state index contributed by atoms with van der Waals surface area (Å²) in [5.41, 5.74) is 0.818. The van der Waals surface area contributed by atoms with Crippen LogP contribution in [0.1, 0.15) is 5.89 Å². The van der Waals surface area contributed by atoms with Crippen LogP contribution in [0.3, 0.4) is 0 Å². The summed E-state index contributed by atoms with van der Waals surface area (Å²) < 4.78 is 10.4. The van der Waals surface area contributed by atoms with E-state index in [0.717, 1.165) is 16.2 Å². The lowest BCUT2D eigenvalue weighted by Gasteiger charge is -2.14. The molecule has 0 atom stereocenters. The van der Waals surface area contributed by atoms with Crippen molar-refractivity contribution in [3.63, 3.8) is 0 Å². The number of aromatic nitrogens is 2. The van der Waals surface area contributed by atoms with Gasteiger partial charge in [0, 0.05) is 22.5 Å². The molecule has 140 valence electrons. The van der Waals surface area contributed by atoms with Crippen LogP contribution in [-0.2, 0) is 11.3 Å². The van der Waals surface area contributed by atoms with Crippen LogP contribution in [0, 0.1) is 0 Å². The molecular formula is C19H18ClN3O3S. The highest BCUT2D eigenvalue weighted by Gasteiger charge is 2.15. The molecule has 0 aliphatic heterocycles. The Morgan fingerprint density at radius 1 is 1.19 bits per heavy atom. The van der Waals surface area contributed by atoms with Gasteiger partial charge in [-0.1, -0.05) is 16.8 Å². The monoisotopic (exact) mass is 403 g/mol. The number of carbonyl (C=O) groups is 1. The summed E-state index contributed by atoms with van der Waals surface area (Å²) in [7, 11) is 3.32. The van der Waals surface area contributed by atoms with Gasteiger partial charge in [0.15, 0.2) is 0 Å². The maximum Gasteiger partial charge on any atom is 0.246 e. The summed E-state index contributed by atoms with van der Waals surface area (Å²) in [5, 5.41) is 4.65. The number of rotatable bonds is 7. The van der Waals surface area contributed by atoms with Crippen molar-refractivity contribution in [3.05, 3.63) is 59.4 Å². The zero-order valence-electron chi connectivity index (χ0n) is 14.9. The lowest BCUT2D eigenvalue weighted by molar-refractivity contribution is -0.127. The zero-order valence-corrected chi connectivity index (χ0v) is 16.5. The number of amides is 1. The van der Waals surface area contributed by atoms with Gasteiger partial charge in [0.1, 0.15) is 5.75 Å². The quantitative estimate of drug-likeness (QED) is 0.552. The van der Waals surface area contributed by atoms with Gasteiger partial charge in [0.2, 0.25) is 17.6 Å². The van der Waals surface area contributed by atoms with Crippen molar-refractivity contribution in [3.8, 4) is 17.1 Å². The number of benzene rings is 2. The number of ether oxygens (including phenoxy) is 1. The van der Waals surface area contributed by atoms with Crippen LogP contribution in [0.25, 0.3) is 11.4 Å². The van der Waals surface area contributed by atoms with E-state index in [1.54, 1.807) is 31.2 Å². The predicted molar refractivity (Wildman–Crippen MR) is 105 cm³/mol. The zero-order chi connectivity index (χ0) is 19.2. The van der Waals surface area contributed by atoms with E-state index >= 15 is 0 Å². The number of carbonyl (C=O) groups excluding carboxylic acids is 1. The fourth-order valence-electron chi connectivity index (χ4n) is 2.25. The smallest absolute Gasteiger partial charge is 0.246 e. The SMILES string of the molecule is COc1ccc(-c2noc(CN(C)C(=O)CSc3ccc(Cl)cc3)n2)cc1. The minimum absolute atomic E-state index is 0.0286. The molecule has 6 nitrogen and oxygen atoms in total. The van der Waals surface area contributed by atoms with E-state index in [9.17, 15) is 4.79 Å². The second-order valence-corrected chi connectivity index (χ2v) is 7.22. The standard InChI is InChI=1S/C19H18ClN3O3S/c1-23(18(24)12-27-16-9-5-14(20)6-10-16)11-17-21-19(22-26-17)13-3-7-15(25-2)8-4-13/h3-10H,11-12H2,1-2H3. The van der Waals surface area contributed by atoms with Gasteiger partial charge in [-0.25, -0.2) is 0 Å². The first-order valence-corrected chi connectivity index (χ1v) is 9.51. The molecule has 0 aliphatic rings. The van der Waals surface area contributed by atoms with Gasteiger partial charge < -0.3 is 14.2 Å². The molecule has 0 radical (unpaired) electrons. The highest BCUT2D eigenvalue weighted by atomic mass is 35.5. The Morgan fingerprint density at radius 3 is 2.56 bits per heavy atom. The average Bonchev–Trinajstić information content (AvgIpc) is 3.15. The minimum Gasteiger partial charge on any atom is -0.497 e. The van der Waals surface area contributed by atoms with E-state index in [1.807, 2.05) is 36.4 Å². The van der Waals surface area contributed by atoms with E-state index < -0.39 is 0 Å². The molecule has 8 heteroatoms. The molecule has 0 fully saturated rings. The Morgan fingerprint density at radius 2 is 1.89 bits per heavy atom. The second kappa shape index (κ2) is 8.92. The molecule has 1 heterocycles. The summed E-state index contributed by atoms with van der Waals surface area (Å²) >= 11 is 7.32. The Bertz CT molecular complexity index is 897. The molecule has 1 aromatic heterocycles. The first-order valence-electron chi connectivity index (χ1n) is 8.14. The van der Waals surface area contributed by atoms with Gasteiger partial charge in [0.25, 0.3) is 0 Å². The summed E-state index contributed by atoms with van der Waals surface area (Å²) in [4.78, 5) is 19.2. The molecule has 2 aromatic carbocycles. The summed E-state index contributed by atoms with van der Waals surface area (Å²) in [5.74, 6) is 1.90. The van der Waals surface area contributed by atoms with Crippen LogP contribution in [0.4, 0.5) is 0 Å². The fraction of sp³-hybridized carbons (Fsp3) is 0.211. The van der Waals surface area contributed by atoms with Crippen LogP contribution in [0.5, 0.6) is 5.75 Å². The molecule has 1 amide bonds. The molecule has 0 spiro atoms. The fourth-order valence-corrected chi connectivity index (χ4v) is 3.22. The number of nitrogens with zero attached hydrogens (tertiary/aromatic N) is 3. The highest BCUT2D eigenvalue weighted by Crippen LogP contribution is 2.22. The minimum atomic E-state index is -0.0286.